The largest absolute Gasteiger partial charge is 0.460 e. The molecule has 0 radical (unpaired) electrons. The number of methoxy groups -OCH3 is 1. The number of nitrogens with zero attached hydrogens (tertiary/aromatic N) is 4. The Labute approximate surface area is 147 Å². The Kier molecular flexibility index (Phi) is 4.91. The van der Waals surface area contributed by atoms with Crippen LogP contribution in [0, 0.1) is 0 Å². The minimum atomic E-state index is -0.484. The fourth-order valence-electron chi connectivity index (χ4n) is 2.56. The summed E-state index contributed by atoms with van der Waals surface area (Å²) in [4.78, 5) is 12.6. The van der Waals surface area contributed by atoms with Crippen molar-refractivity contribution in [2.45, 2.75) is 13.0 Å². The van der Waals surface area contributed by atoms with Crippen molar-refractivity contribution in [2.75, 3.05) is 25.6 Å². The van der Waals surface area contributed by atoms with Crippen LogP contribution in [0.4, 0.5) is 5.95 Å². The number of hydrogen-bond acceptors (Lipinski definition) is 7. The Morgan fingerprint density at radius 3 is 2.92 bits per heavy atom. The third-order valence-corrected chi connectivity index (χ3v) is 4.38. The van der Waals surface area contributed by atoms with Gasteiger partial charge in [-0.15, -0.1) is 0 Å². The molecule has 0 fully saturated rings. The molecule has 0 aliphatic carbocycles. The van der Waals surface area contributed by atoms with Crippen LogP contribution in [0.15, 0.2) is 40.0 Å². The molecule has 1 aliphatic heterocycles. The molecule has 0 spiro atoms. The lowest BCUT2D eigenvalue weighted by atomic mass is 9.96. The number of tetrazole rings is 1. The SMILES string of the molecule is COCCOC(=O)C1=C(C)Nc2nnnn2C1c1ccccc1Br. The number of aromatic nitrogens is 4. The van der Waals surface area contributed by atoms with Gasteiger partial charge in [-0.25, -0.2) is 4.79 Å². The average Bonchev–Trinajstić information content (AvgIpc) is 3.02. The van der Waals surface area contributed by atoms with Gasteiger partial charge in [0.05, 0.1) is 12.2 Å². The highest BCUT2D eigenvalue weighted by molar-refractivity contribution is 9.10. The molecule has 1 unspecified atom stereocenters. The number of allylic oxidation sites excluding steroid dienone is 1. The van der Waals surface area contributed by atoms with Gasteiger partial charge in [0.1, 0.15) is 12.6 Å². The highest BCUT2D eigenvalue weighted by Gasteiger charge is 2.35. The lowest BCUT2D eigenvalue weighted by Crippen LogP contribution is -2.30. The normalized spacial score (nSPS) is 16.5. The molecule has 0 amide bonds. The van der Waals surface area contributed by atoms with Gasteiger partial charge in [-0.2, -0.15) is 4.68 Å². The minimum absolute atomic E-state index is 0.178. The quantitative estimate of drug-likeness (QED) is 0.612. The second-order valence-corrected chi connectivity index (χ2v) is 6.02. The van der Waals surface area contributed by atoms with E-state index in [0.29, 0.717) is 23.8 Å². The zero-order chi connectivity index (χ0) is 17.1. The van der Waals surface area contributed by atoms with E-state index in [-0.39, 0.29) is 6.61 Å². The lowest BCUT2D eigenvalue weighted by molar-refractivity contribution is -0.140. The topological polar surface area (TPSA) is 91.2 Å². The predicted molar refractivity (Wildman–Crippen MR) is 89.3 cm³/mol. The number of fused-ring (bicyclic) bond motifs is 1. The second-order valence-electron chi connectivity index (χ2n) is 5.16. The summed E-state index contributed by atoms with van der Waals surface area (Å²) in [5.74, 6) is 0.0423. The van der Waals surface area contributed by atoms with Crippen LogP contribution in [-0.2, 0) is 14.3 Å². The van der Waals surface area contributed by atoms with Crippen molar-refractivity contribution in [1.82, 2.24) is 20.2 Å². The molecular formula is C15H16BrN5O3. The van der Waals surface area contributed by atoms with Crippen LogP contribution >= 0.6 is 15.9 Å². The van der Waals surface area contributed by atoms with Crippen molar-refractivity contribution in [1.29, 1.82) is 0 Å². The van der Waals surface area contributed by atoms with Crippen molar-refractivity contribution in [2.24, 2.45) is 0 Å². The Morgan fingerprint density at radius 1 is 1.38 bits per heavy atom. The smallest absolute Gasteiger partial charge is 0.338 e. The van der Waals surface area contributed by atoms with E-state index in [9.17, 15) is 4.79 Å². The van der Waals surface area contributed by atoms with Gasteiger partial charge in [0.2, 0.25) is 5.95 Å². The summed E-state index contributed by atoms with van der Waals surface area (Å²) in [6.45, 7) is 2.31. The monoisotopic (exact) mass is 393 g/mol. The number of anilines is 1. The van der Waals surface area contributed by atoms with E-state index in [2.05, 4.69) is 36.8 Å². The fraction of sp³-hybridized carbons (Fsp3) is 0.333. The van der Waals surface area contributed by atoms with Crippen molar-refractivity contribution in [3.63, 3.8) is 0 Å². The van der Waals surface area contributed by atoms with Gasteiger partial charge in [-0.1, -0.05) is 39.2 Å². The van der Waals surface area contributed by atoms with Gasteiger partial charge in [-0.3, -0.25) is 0 Å². The molecule has 126 valence electrons. The third kappa shape index (κ3) is 3.04. The Hall–Kier alpha value is -2.26. The van der Waals surface area contributed by atoms with Crippen LogP contribution in [0.25, 0.3) is 0 Å². The van der Waals surface area contributed by atoms with Crippen LogP contribution in [0.2, 0.25) is 0 Å². The Morgan fingerprint density at radius 2 is 2.17 bits per heavy atom. The second kappa shape index (κ2) is 7.10. The van der Waals surface area contributed by atoms with E-state index in [1.807, 2.05) is 24.3 Å². The summed E-state index contributed by atoms with van der Waals surface area (Å²) < 4.78 is 12.7. The van der Waals surface area contributed by atoms with Gasteiger partial charge in [0.25, 0.3) is 0 Å². The van der Waals surface area contributed by atoms with E-state index < -0.39 is 12.0 Å². The molecule has 1 atom stereocenters. The fourth-order valence-corrected chi connectivity index (χ4v) is 3.06. The van der Waals surface area contributed by atoms with Crippen LogP contribution in [-0.4, -0.2) is 46.5 Å². The maximum Gasteiger partial charge on any atom is 0.338 e. The number of halogens is 1. The molecule has 1 aromatic heterocycles. The number of carbonyl (C=O) groups is 1. The van der Waals surface area contributed by atoms with Gasteiger partial charge in [-0.05, 0) is 29.0 Å². The molecule has 0 bridgehead atoms. The molecule has 8 nitrogen and oxygen atoms in total. The molecule has 3 rings (SSSR count). The summed E-state index contributed by atoms with van der Waals surface area (Å²) in [5.41, 5.74) is 1.98. The van der Waals surface area contributed by atoms with Crippen LogP contribution < -0.4 is 5.32 Å². The van der Waals surface area contributed by atoms with Crippen LogP contribution in [0.5, 0.6) is 0 Å². The molecule has 2 aromatic rings. The molecule has 2 heterocycles. The van der Waals surface area contributed by atoms with Gasteiger partial charge in [0.15, 0.2) is 0 Å². The van der Waals surface area contributed by atoms with Crippen molar-refractivity contribution >= 4 is 27.8 Å². The van der Waals surface area contributed by atoms with E-state index >= 15 is 0 Å². The van der Waals surface area contributed by atoms with E-state index in [1.54, 1.807) is 18.7 Å². The average molecular weight is 394 g/mol. The highest BCUT2D eigenvalue weighted by atomic mass is 79.9. The van der Waals surface area contributed by atoms with Crippen molar-refractivity contribution < 1.29 is 14.3 Å². The molecule has 24 heavy (non-hydrogen) atoms. The maximum absolute atomic E-state index is 12.6. The molecule has 1 N–H and O–H groups in total. The first-order valence-corrected chi connectivity index (χ1v) is 8.09. The maximum atomic E-state index is 12.6. The number of ether oxygens (including phenoxy) is 2. The molecule has 1 aliphatic rings. The molecule has 1 aromatic carbocycles. The highest BCUT2D eigenvalue weighted by Crippen LogP contribution is 2.37. The van der Waals surface area contributed by atoms with Gasteiger partial charge >= 0.3 is 5.97 Å². The predicted octanol–water partition coefficient (Wildman–Crippen LogP) is 1.91. The van der Waals surface area contributed by atoms with Crippen molar-refractivity contribution in [3.8, 4) is 0 Å². The number of nitrogens with one attached hydrogen (secondary N) is 1. The summed E-state index contributed by atoms with van der Waals surface area (Å²) in [6.07, 6.45) is 0. The summed E-state index contributed by atoms with van der Waals surface area (Å²) in [5, 5.41) is 14.7. The third-order valence-electron chi connectivity index (χ3n) is 3.65. The summed E-state index contributed by atoms with van der Waals surface area (Å²) >= 11 is 3.54. The number of carbonyl (C=O) groups excluding carboxylic acids is 1. The molecular weight excluding hydrogens is 378 g/mol. The van der Waals surface area contributed by atoms with E-state index in [0.717, 1.165) is 10.0 Å². The summed E-state index contributed by atoms with van der Waals surface area (Å²) in [6, 6.07) is 7.14. The van der Waals surface area contributed by atoms with E-state index in [1.165, 1.54) is 0 Å². The number of esters is 1. The zero-order valence-corrected chi connectivity index (χ0v) is 14.8. The first-order chi connectivity index (χ1) is 11.6. The first-order valence-electron chi connectivity index (χ1n) is 7.29. The van der Waals surface area contributed by atoms with E-state index in [4.69, 9.17) is 9.47 Å². The molecule has 0 saturated carbocycles. The van der Waals surface area contributed by atoms with Crippen molar-refractivity contribution in [3.05, 3.63) is 45.6 Å². The standard InChI is InChI=1S/C15H16BrN5O3/c1-9-12(14(22)24-8-7-23-2)13(10-5-3-4-6-11(10)16)21-15(17-9)18-19-20-21/h3-6,13H,7-8H2,1-2H3,(H,17,18,20). The van der Waals surface area contributed by atoms with Crippen LogP contribution in [0.1, 0.15) is 18.5 Å². The Bertz CT molecular complexity index is 789. The molecule has 9 heteroatoms. The number of hydrogen-bond donors (Lipinski definition) is 1. The zero-order valence-electron chi connectivity index (χ0n) is 13.2. The first kappa shape index (κ1) is 16.6. The lowest BCUT2D eigenvalue weighted by Gasteiger charge is -2.28. The minimum Gasteiger partial charge on any atom is -0.460 e. The van der Waals surface area contributed by atoms with Crippen LogP contribution in [0.3, 0.4) is 0 Å². The number of rotatable bonds is 5. The van der Waals surface area contributed by atoms with Gasteiger partial charge < -0.3 is 14.8 Å². The summed E-state index contributed by atoms with van der Waals surface area (Å²) in [7, 11) is 1.55. The molecule has 0 saturated heterocycles. The number of benzene rings is 1. The van der Waals surface area contributed by atoms with Gasteiger partial charge in [0, 0.05) is 17.3 Å². The Balaban J connectivity index is 2.04.